The van der Waals surface area contributed by atoms with Crippen molar-refractivity contribution < 1.29 is 44.9 Å². The van der Waals surface area contributed by atoms with Crippen LogP contribution in [-0.4, -0.2) is 97.7 Å². The molecule has 2 bridgehead atoms. The number of H-pyrrole nitrogens is 1. The van der Waals surface area contributed by atoms with Gasteiger partial charge in [0.1, 0.15) is 11.9 Å². The molecule has 13 atom stereocenters. The van der Waals surface area contributed by atoms with Gasteiger partial charge in [-0.2, -0.15) is 0 Å². The van der Waals surface area contributed by atoms with Crippen molar-refractivity contribution in [2.75, 3.05) is 38.0 Å². The summed E-state index contributed by atoms with van der Waals surface area (Å²) in [4.78, 5) is 21.3. The maximum absolute atomic E-state index is 18.1. The fourth-order valence-electron chi connectivity index (χ4n) is 19.0. The molecule has 1 spiro atoms. The number of ether oxygens (including phenoxy) is 2. The second kappa shape index (κ2) is 27.2. The number of carbonyl (C=O) groups excluding carboxylic acids is 1. The van der Waals surface area contributed by atoms with Gasteiger partial charge in [0.2, 0.25) is 0 Å². The van der Waals surface area contributed by atoms with E-state index in [1.807, 2.05) is 60.6 Å². The second-order valence-electron chi connectivity index (χ2n) is 28.3. The maximum Gasteiger partial charge on any atom is 0.164 e. The Morgan fingerprint density at radius 3 is 2.37 bits per heavy atom. The number of carbonyl (C=O) groups is 1. The number of hydrogen-bond donors (Lipinski definition) is 8. The lowest BCUT2D eigenvalue weighted by Gasteiger charge is -2.54. The number of aliphatic hydroxyl groups excluding tert-OH is 3. The number of aromatic nitrogens is 1. The summed E-state index contributed by atoms with van der Waals surface area (Å²) >= 11 is 0. The molecule has 7 aliphatic rings. The van der Waals surface area contributed by atoms with Crippen LogP contribution in [-0.2, 0) is 47.9 Å². The monoisotopic (exact) mass is 1330 g/mol. The number of phenols is 3. The topological polar surface area (TPSA) is 185 Å². The van der Waals surface area contributed by atoms with Gasteiger partial charge in [-0.3, -0.25) is 4.79 Å². The van der Waals surface area contributed by atoms with Gasteiger partial charge in [-0.25, -0.2) is 0 Å². The van der Waals surface area contributed by atoms with Crippen LogP contribution in [0.25, 0.3) is 16.8 Å². The Morgan fingerprint density at radius 1 is 0.774 bits per heavy atom. The smallest absolute Gasteiger partial charge is 0.164 e. The van der Waals surface area contributed by atoms with Gasteiger partial charge in [0, 0.05) is 70.9 Å². The molecule has 93 heavy (non-hydrogen) atoms. The molecule has 5 aliphatic carbocycles. The van der Waals surface area contributed by atoms with Crippen LogP contribution >= 0.6 is 43.2 Å². The number of ketones is 1. The van der Waals surface area contributed by atoms with Crippen molar-refractivity contribution >= 4 is 65.8 Å². The van der Waals surface area contributed by atoms with Crippen molar-refractivity contribution in [1.82, 2.24) is 10.3 Å². The zero-order valence-electron chi connectivity index (χ0n) is 53.7. The first-order chi connectivity index (χ1) is 45.3. The lowest BCUT2D eigenvalue weighted by atomic mass is 9.51. The molecule has 3 heterocycles. The zero-order chi connectivity index (χ0) is 64.2. The standard InChI is InChI=1S/C78H90N2O9S4/c1-4-48-17-18-49-14-10-16-58-69(42-81)93-92-43-54-36-70(85)78(63-45-91-90-44-55-40-76(27-8-9-28-76)30-25-67(55)89-68-35-52(63)20-23-64(68)82,56-37-62-57(66(84)38-56)21-22-61-51(15-11-29-77(61,62)79-2)32-46-12-6-5-7-13-46)75(87)72(54)73(86)53(33-47-26-31-80-41-47)34-50-19-24-65(83)74(88-3)60(50)39-59(48)71(49)58/h5-7,10,12-14,16-24,26,31,35,37-38,41,51,53-55,61,63,67,69-70,72-73,79-86H,4,8-9,11,15,25,27-30,32-34,36,39-40,42-45H2,1-3H3. The minimum absolute atomic E-state index is 0.00345. The van der Waals surface area contributed by atoms with Crippen LogP contribution in [0.15, 0.2) is 128 Å². The number of aromatic amines is 1. The SMILES string of the molecule is CCc1ccc2cccc3c2c1Cc1c(ccc(O)c1OC)CC(Cc1cc[nH]c1)C(O)C1C(=O)C(c2cc(O)c4c(c2)C2(NC)CCCC(Cc5ccccc5)C2C=C4)(C2CSSCC4CC5(CCCC5)CCC4Oc4cc2ccc4O)C(O)CC1CSSC3CO. The van der Waals surface area contributed by atoms with Crippen LogP contribution in [0.2, 0.25) is 0 Å². The van der Waals surface area contributed by atoms with Crippen molar-refractivity contribution in [3.05, 3.63) is 189 Å². The van der Waals surface area contributed by atoms with E-state index >= 15 is 4.79 Å². The maximum atomic E-state index is 18.1. The summed E-state index contributed by atoms with van der Waals surface area (Å²) in [6, 6.07) is 36.4. The van der Waals surface area contributed by atoms with E-state index in [0.717, 1.165) is 112 Å². The zero-order valence-corrected chi connectivity index (χ0v) is 57.0. The summed E-state index contributed by atoms with van der Waals surface area (Å²) in [5.74, 6) is -0.345. The van der Waals surface area contributed by atoms with Crippen LogP contribution in [0.4, 0.5) is 0 Å². The number of aryl methyl sites for hydroxylation is 1. The predicted molar refractivity (Wildman–Crippen MR) is 380 cm³/mol. The van der Waals surface area contributed by atoms with Crippen molar-refractivity contribution in [3.63, 3.8) is 0 Å². The minimum atomic E-state index is -1.79. The van der Waals surface area contributed by atoms with Gasteiger partial charge in [-0.1, -0.05) is 160 Å². The molecule has 1 aromatic heterocycles. The molecule has 6 aromatic carbocycles. The number of fused-ring (bicyclic) bond motifs is 8. The first-order valence-corrected chi connectivity index (χ1v) is 39.0. The number of hydrogen-bond acceptors (Lipinski definition) is 14. The molecule has 15 heteroatoms. The Morgan fingerprint density at radius 2 is 1.58 bits per heavy atom. The van der Waals surface area contributed by atoms with Gasteiger partial charge in [0.25, 0.3) is 0 Å². The van der Waals surface area contributed by atoms with Gasteiger partial charge in [-0.15, -0.1) is 0 Å². The Bertz CT molecular complexity index is 3870. The van der Waals surface area contributed by atoms with Crippen LogP contribution < -0.4 is 14.8 Å². The van der Waals surface area contributed by atoms with Crippen LogP contribution in [0.1, 0.15) is 150 Å². The Balaban J connectivity index is 0.961. The van der Waals surface area contributed by atoms with E-state index < -0.39 is 52.1 Å². The Hall–Kier alpha value is -5.49. The average molecular weight is 1330 g/mol. The highest BCUT2D eigenvalue weighted by atomic mass is 33.1. The van der Waals surface area contributed by atoms with E-state index in [1.54, 1.807) is 57.7 Å². The molecule has 14 rings (SSSR count). The Kier molecular flexibility index (Phi) is 19.0. The summed E-state index contributed by atoms with van der Waals surface area (Å²) in [5.41, 5.74) is 7.82. The third kappa shape index (κ3) is 11.8. The summed E-state index contributed by atoms with van der Waals surface area (Å²) < 4.78 is 13.3. The normalized spacial score (nSPS) is 30.3. The molecule has 8 N–H and O–H groups in total. The number of nitrogens with one attached hydrogen (secondary N) is 2. The van der Waals surface area contributed by atoms with E-state index in [1.165, 1.54) is 31.2 Å². The predicted octanol–water partition coefficient (Wildman–Crippen LogP) is 15.5. The van der Waals surface area contributed by atoms with E-state index in [-0.39, 0.29) is 59.9 Å². The number of methoxy groups -OCH3 is 1. The number of phenolic OH excluding ortho intramolecular Hbond substituents is 3. The van der Waals surface area contributed by atoms with Crippen molar-refractivity contribution in [1.29, 1.82) is 0 Å². The molecule has 4 saturated carbocycles. The molecule has 0 saturated heterocycles. The molecule has 7 aromatic rings. The molecule has 0 radical (unpaired) electrons. The summed E-state index contributed by atoms with van der Waals surface area (Å²) in [7, 11) is 10.3. The summed E-state index contributed by atoms with van der Waals surface area (Å²) in [6.07, 6.45) is 19.2. The van der Waals surface area contributed by atoms with Crippen LogP contribution in [0.3, 0.4) is 0 Å². The minimum Gasteiger partial charge on any atom is -0.507 e. The average Bonchev–Trinajstić information content (AvgIpc) is 0.737. The molecule has 2 aliphatic heterocycles. The number of benzene rings is 6. The third-order valence-electron chi connectivity index (χ3n) is 23.6. The molecule has 4 fully saturated rings. The Labute approximate surface area is 563 Å². The quantitative estimate of drug-likeness (QED) is 0.0605. The van der Waals surface area contributed by atoms with Crippen molar-refractivity contribution in [3.8, 4) is 28.7 Å². The molecule has 0 amide bonds. The number of aliphatic hydroxyl groups is 3. The van der Waals surface area contributed by atoms with Gasteiger partial charge in [-0.05, 0) is 198 Å². The first-order valence-electron chi connectivity index (χ1n) is 34.2. The summed E-state index contributed by atoms with van der Waals surface area (Å²) in [5, 5.41) is 82.4. The van der Waals surface area contributed by atoms with Gasteiger partial charge >= 0.3 is 0 Å². The number of Topliss-reactive ketones (excluding diaryl/α,β-unsaturated/α-hetero) is 1. The van der Waals surface area contributed by atoms with E-state index in [2.05, 4.69) is 90.0 Å². The number of rotatable bonds is 10. The molecule has 11 nitrogen and oxygen atoms in total. The van der Waals surface area contributed by atoms with Gasteiger partial charge < -0.3 is 50.4 Å². The first kappa shape index (κ1) is 64.8. The van der Waals surface area contributed by atoms with E-state index in [0.29, 0.717) is 58.8 Å². The highest BCUT2D eigenvalue weighted by molar-refractivity contribution is 8.77. The largest absolute Gasteiger partial charge is 0.507 e. The highest BCUT2D eigenvalue weighted by Crippen LogP contribution is 2.61. The van der Waals surface area contributed by atoms with Crippen LogP contribution in [0, 0.1) is 40.9 Å². The van der Waals surface area contributed by atoms with Gasteiger partial charge in [0.05, 0.1) is 42.1 Å². The second-order valence-corrected chi connectivity index (χ2v) is 33.4. The fraction of sp³-hybridized carbons (Fsp3) is 0.474. The fourth-order valence-corrected chi connectivity index (χ4v) is 24.7. The highest BCUT2D eigenvalue weighted by Gasteiger charge is 2.62. The molecular formula is C78H90N2O9S4. The van der Waals surface area contributed by atoms with Crippen molar-refractivity contribution in [2.24, 2.45) is 40.9 Å². The van der Waals surface area contributed by atoms with Crippen LogP contribution in [0.5, 0.6) is 28.7 Å². The third-order valence-corrected chi connectivity index (χ3v) is 28.9. The lowest BCUT2D eigenvalue weighted by molar-refractivity contribution is -0.150. The molecule has 13 unspecified atom stereocenters. The molecule has 490 valence electrons. The lowest BCUT2D eigenvalue weighted by Crippen LogP contribution is -2.63. The summed E-state index contributed by atoms with van der Waals surface area (Å²) in [6.45, 7) is 1.99. The van der Waals surface area contributed by atoms with E-state index in [4.69, 9.17) is 9.47 Å². The van der Waals surface area contributed by atoms with Crippen molar-refractivity contribution in [2.45, 2.75) is 150 Å². The molecular weight excluding hydrogens is 1240 g/mol. The number of aromatic hydroxyl groups is 3. The van der Waals surface area contributed by atoms with E-state index in [9.17, 15) is 30.6 Å². The van der Waals surface area contributed by atoms with Gasteiger partial charge in [0.15, 0.2) is 28.8 Å².